The molecule has 0 aliphatic rings. The zero-order valence-corrected chi connectivity index (χ0v) is 14.8. The molecule has 0 rings (SSSR count). The van der Waals surface area contributed by atoms with Gasteiger partial charge in [0.05, 0.1) is 0 Å². The van der Waals surface area contributed by atoms with E-state index in [-0.39, 0.29) is 35.9 Å². The smallest absolute Gasteiger partial charge is 0.285 e. The number of carboxylic acid groups (broad SMARTS) is 3. The van der Waals surface area contributed by atoms with Crippen LogP contribution in [0.5, 0.6) is 0 Å². The molecule has 23 heavy (non-hydrogen) atoms. The number of aliphatic carboxylic acids is 3. The van der Waals surface area contributed by atoms with Crippen molar-refractivity contribution in [1.29, 1.82) is 0 Å². The fourth-order valence-corrected chi connectivity index (χ4v) is 2.78. The Hall–Kier alpha value is -0.761. The molecule has 0 heterocycles. The summed E-state index contributed by atoms with van der Waals surface area (Å²) in [4.78, 5) is 32.2. The molecule has 0 bridgehead atoms. The fourth-order valence-electron chi connectivity index (χ4n) is 1.08. The molecule has 11 heteroatoms. The van der Waals surface area contributed by atoms with Gasteiger partial charge in [-0.3, -0.25) is 14.4 Å². The van der Waals surface area contributed by atoms with Gasteiger partial charge in [0.2, 0.25) is 0 Å². The van der Waals surface area contributed by atoms with Crippen LogP contribution in [0, 0.1) is 0 Å². The molecule has 3 atom stereocenters. The number of carboxylic acids is 3. The van der Waals surface area contributed by atoms with Crippen LogP contribution in [0.3, 0.4) is 0 Å². The van der Waals surface area contributed by atoms with Gasteiger partial charge < -0.3 is 31.3 Å². The standard InChI is InChI=1S/C12H21N3O6P.Cu/c1-7(10(16)17)13-4-22(5-14-8(2)11(18)19)6-15-9(3)12(20)21;/h7-9H,4-6H2,1-3H3,(H,16,17)(H,18,19)(H,20,21);/q-3;. The van der Waals surface area contributed by atoms with Gasteiger partial charge in [-0.15, -0.1) is 18.9 Å². The van der Waals surface area contributed by atoms with Gasteiger partial charge in [-0.05, 0) is 18.1 Å². The maximum atomic E-state index is 10.7. The Morgan fingerprint density at radius 3 is 1.13 bits per heavy atom. The van der Waals surface area contributed by atoms with Crippen molar-refractivity contribution >= 4 is 25.8 Å². The van der Waals surface area contributed by atoms with E-state index in [4.69, 9.17) is 15.3 Å². The van der Waals surface area contributed by atoms with E-state index in [2.05, 4.69) is 16.0 Å². The van der Waals surface area contributed by atoms with Crippen LogP contribution in [0.2, 0.25) is 0 Å². The summed E-state index contributed by atoms with van der Waals surface area (Å²) >= 11 is 0. The monoisotopic (exact) mass is 397 g/mol. The first kappa shape index (κ1) is 24.5. The van der Waals surface area contributed by atoms with E-state index >= 15 is 0 Å². The van der Waals surface area contributed by atoms with E-state index < -0.39 is 44.0 Å². The second kappa shape index (κ2) is 12.6. The van der Waals surface area contributed by atoms with Gasteiger partial charge in [0.15, 0.2) is 0 Å². The third-order valence-electron chi connectivity index (χ3n) is 2.74. The summed E-state index contributed by atoms with van der Waals surface area (Å²) in [6, 6.07) is -2.63. The van der Waals surface area contributed by atoms with Crippen molar-refractivity contribution in [2.75, 3.05) is 18.9 Å². The van der Waals surface area contributed by atoms with Crippen LogP contribution in [-0.4, -0.2) is 70.2 Å². The average Bonchev–Trinajstić information content (AvgIpc) is 2.44. The normalized spacial score (nSPS) is 15.8. The molecule has 0 spiro atoms. The Kier molecular flexibility index (Phi) is 13.5. The van der Waals surface area contributed by atoms with Crippen molar-refractivity contribution in [2.24, 2.45) is 0 Å². The van der Waals surface area contributed by atoms with Crippen LogP contribution in [0.4, 0.5) is 0 Å². The maximum Gasteiger partial charge on any atom is 0.285 e. The molecule has 0 aliphatic carbocycles. The number of hydrogen-bond donors (Lipinski definition) is 3. The predicted molar refractivity (Wildman–Crippen MR) is 82.9 cm³/mol. The molecule has 139 valence electrons. The molecule has 0 fully saturated rings. The molecule has 0 aromatic rings. The molecule has 3 N–H and O–H groups in total. The molecular weight excluding hydrogens is 377 g/mol. The quantitative estimate of drug-likeness (QED) is 0.337. The van der Waals surface area contributed by atoms with Crippen molar-refractivity contribution in [3.63, 3.8) is 0 Å². The Balaban J connectivity index is 0. The molecule has 0 saturated heterocycles. The largest absolute Gasteiger partial charge is 0.647 e. The number of hydrogen-bond acceptors (Lipinski definition) is 3. The first-order valence-corrected chi connectivity index (χ1v) is 8.45. The maximum absolute atomic E-state index is 10.7. The van der Waals surface area contributed by atoms with Crippen molar-refractivity contribution in [1.82, 2.24) is 0 Å². The van der Waals surface area contributed by atoms with Crippen LogP contribution in [0.1, 0.15) is 20.8 Å². The van der Waals surface area contributed by atoms with Crippen molar-refractivity contribution in [3.05, 3.63) is 16.0 Å². The first-order chi connectivity index (χ1) is 10.1. The van der Waals surface area contributed by atoms with Crippen molar-refractivity contribution in [3.8, 4) is 0 Å². The van der Waals surface area contributed by atoms with Gasteiger partial charge in [0.1, 0.15) is 0 Å². The second-order valence-electron chi connectivity index (χ2n) is 4.69. The third-order valence-corrected chi connectivity index (χ3v) is 4.43. The molecule has 0 aromatic heterocycles. The van der Waals surface area contributed by atoms with E-state index in [1.165, 1.54) is 20.8 Å². The first-order valence-electron chi connectivity index (χ1n) is 6.55. The summed E-state index contributed by atoms with van der Waals surface area (Å²) in [6.45, 7) is 4.30. The Labute approximate surface area is 146 Å². The minimum Gasteiger partial charge on any atom is -0.647 e. The summed E-state index contributed by atoms with van der Waals surface area (Å²) in [5, 5.41) is 38.3. The number of carbonyl (C=O) groups is 3. The molecule has 3 unspecified atom stereocenters. The average molecular weight is 398 g/mol. The van der Waals surface area contributed by atoms with Gasteiger partial charge in [-0.1, -0.05) is 20.8 Å². The minimum absolute atomic E-state index is 0. The topological polar surface area (TPSA) is 154 Å². The van der Waals surface area contributed by atoms with Crippen LogP contribution < -0.4 is 0 Å². The van der Waals surface area contributed by atoms with Gasteiger partial charge in [0, 0.05) is 17.1 Å². The van der Waals surface area contributed by atoms with E-state index in [9.17, 15) is 14.4 Å². The summed E-state index contributed by atoms with van der Waals surface area (Å²) < 4.78 is 0. The predicted octanol–water partition coefficient (Wildman–Crippen LogP) is 1.88. The van der Waals surface area contributed by atoms with Gasteiger partial charge in [-0.2, -0.15) is 7.92 Å². The molecule has 0 aromatic carbocycles. The summed E-state index contributed by atoms with van der Waals surface area (Å²) in [7, 11) is -1.02. The molecule has 1 radical (unpaired) electrons. The van der Waals surface area contributed by atoms with Crippen LogP contribution in [0.15, 0.2) is 0 Å². The van der Waals surface area contributed by atoms with Gasteiger partial charge in [0.25, 0.3) is 17.9 Å². The Morgan fingerprint density at radius 2 is 0.957 bits per heavy atom. The van der Waals surface area contributed by atoms with Crippen molar-refractivity contribution in [2.45, 2.75) is 38.9 Å². The van der Waals surface area contributed by atoms with Crippen molar-refractivity contribution < 1.29 is 46.8 Å². The van der Waals surface area contributed by atoms with Gasteiger partial charge in [-0.25, -0.2) is 0 Å². The second-order valence-corrected chi connectivity index (χ2v) is 6.88. The Bertz CT molecular complexity index is 344. The SMILES string of the molecule is CC([N-]CP(C[N-]C(C)C(=O)O)C[N-]C(C)C(=O)O)C(=O)O.[Cu]. The molecule has 0 aliphatic heterocycles. The summed E-state index contributed by atoms with van der Waals surface area (Å²) in [5.41, 5.74) is 0. The molecule has 9 nitrogen and oxygen atoms in total. The molecule has 0 saturated carbocycles. The van der Waals surface area contributed by atoms with E-state index in [1.807, 2.05) is 0 Å². The van der Waals surface area contributed by atoms with Crippen LogP contribution in [-0.2, 0) is 31.5 Å². The fraction of sp³-hybridized carbons (Fsp3) is 0.750. The van der Waals surface area contributed by atoms with E-state index in [0.29, 0.717) is 0 Å². The molecule has 0 amide bonds. The van der Waals surface area contributed by atoms with Crippen LogP contribution >= 0.6 is 7.92 Å². The minimum atomic E-state index is -1.05. The molecular formula is C12H21CuN3O6P-3. The van der Waals surface area contributed by atoms with Gasteiger partial charge >= 0.3 is 0 Å². The number of nitrogens with zero attached hydrogens (tertiary/aromatic N) is 3. The zero-order chi connectivity index (χ0) is 17.3. The third kappa shape index (κ3) is 11.4. The van der Waals surface area contributed by atoms with Crippen LogP contribution in [0.25, 0.3) is 16.0 Å². The van der Waals surface area contributed by atoms with E-state index in [0.717, 1.165) is 0 Å². The Morgan fingerprint density at radius 1 is 0.739 bits per heavy atom. The number of rotatable bonds is 12. The summed E-state index contributed by atoms with van der Waals surface area (Å²) in [5.74, 6) is -3.16. The summed E-state index contributed by atoms with van der Waals surface area (Å²) in [6.07, 6.45) is 0.567. The zero-order valence-electron chi connectivity index (χ0n) is 13.0. The van der Waals surface area contributed by atoms with E-state index in [1.54, 1.807) is 0 Å².